The summed E-state index contributed by atoms with van der Waals surface area (Å²) in [7, 11) is 0. The number of hydrogen-bond acceptors (Lipinski definition) is 3. The number of nitrogens with one attached hydrogen (secondary N) is 1. The smallest absolute Gasteiger partial charge is 0.144 e. The van der Waals surface area contributed by atoms with Crippen molar-refractivity contribution in [3.8, 4) is 11.4 Å². The van der Waals surface area contributed by atoms with Crippen molar-refractivity contribution in [3.63, 3.8) is 0 Å². The van der Waals surface area contributed by atoms with Gasteiger partial charge in [0.05, 0.1) is 12.3 Å². The van der Waals surface area contributed by atoms with Gasteiger partial charge < -0.3 is 10.1 Å². The van der Waals surface area contributed by atoms with E-state index in [1.807, 2.05) is 35.9 Å². The molecule has 0 radical (unpaired) electrons. The molecule has 0 amide bonds. The third-order valence-electron chi connectivity index (χ3n) is 3.14. The number of para-hydroxylation sites is 2. The van der Waals surface area contributed by atoms with Crippen LogP contribution in [0, 0.1) is 6.92 Å². The van der Waals surface area contributed by atoms with E-state index in [4.69, 9.17) is 4.74 Å². The summed E-state index contributed by atoms with van der Waals surface area (Å²) in [4.78, 5) is 0. The van der Waals surface area contributed by atoms with Crippen LogP contribution in [0.2, 0.25) is 0 Å². The first-order valence-corrected chi connectivity index (χ1v) is 7.24. The lowest BCUT2D eigenvalue weighted by atomic mass is 10.2. The zero-order valence-corrected chi connectivity index (χ0v) is 12.5. The number of aromatic nitrogens is 2. The lowest BCUT2D eigenvalue weighted by molar-refractivity contribution is 0.316. The molecule has 108 valence electrons. The van der Waals surface area contributed by atoms with Gasteiger partial charge in [-0.15, -0.1) is 0 Å². The molecule has 0 saturated carbocycles. The number of benzene rings is 1. The van der Waals surface area contributed by atoms with Gasteiger partial charge in [0.25, 0.3) is 0 Å². The van der Waals surface area contributed by atoms with Gasteiger partial charge in [0, 0.05) is 18.3 Å². The standard InChI is InChI=1S/C16H23N3O/c1-4-10-20-16-9-7-6-8-15(16)19-12-14(11-17-5-2)13(3)18-19/h6-9,12,17H,4-5,10-11H2,1-3H3. The molecular formula is C16H23N3O. The van der Waals surface area contributed by atoms with Crippen LogP contribution in [0.25, 0.3) is 5.69 Å². The normalized spacial score (nSPS) is 10.8. The highest BCUT2D eigenvalue weighted by Gasteiger charge is 2.09. The average molecular weight is 273 g/mol. The average Bonchev–Trinajstić information content (AvgIpc) is 2.84. The van der Waals surface area contributed by atoms with E-state index < -0.39 is 0 Å². The van der Waals surface area contributed by atoms with Crippen LogP contribution < -0.4 is 10.1 Å². The van der Waals surface area contributed by atoms with E-state index in [-0.39, 0.29) is 0 Å². The van der Waals surface area contributed by atoms with E-state index in [0.29, 0.717) is 0 Å². The fourth-order valence-corrected chi connectivity index (χ4v) is 2.03. The SMILES string of the molecule is CCCOc1ccccc1-n1cc(CNCC)c(C)n1. The molecule has 0 aliphatic rings. The van der Waals surface area contributed by atoms with Crippen molar-refractivity contribution in [1.29, 1.82) is 0 Å². The summed E-state index contributed by atoms with van der Waals surface area (Å²) < 4.78 is 7.70. The Labute approximate surface area is 120 Å². The van der Waals surface area contributed by atoms with E-state index in [1.165, 1.54) is 5.56 Å². The molecule has 0 unspecified atom stereocenters. The molecule has 0 spiro atoms. The van der Waals surface area contributed by atoms with Crippen molar-refractivity contribution >= 4 is 0 Å². The molecular weight excluding hydrogens is 250 g/mol. The Kier molecular flexibility index (Phi) is 5.18. The first-order valence-electron chi connectivity index (χ1n) is 7.24. The Morgan fingerprint density at radius 3 is 2.80 bits per heavy atom. The molecule has 4 heteroatoms. The molecule has 4 nitrogen and oxygen atoms in total. The van der Waals surface area contributed by atoms with E-state index >= 15 is 0 Å². The Morgan fingerprint density at radius 1 is 1.25 bits per heavy atom. The van der Waals surface area contributed by atoms with Crippen molar-refractivity contribution in [2.45, 2.75) is 33.7 Å². The predicted octanol–water partition coefficient (Wildman–Crippen LogP) is 3.08. The molecule has 1 aromatic carbocycles. The first-order chi connectivity index (χ1) is 9.76. The second-order valence-corrected chi connectivity index (χ2v) is 4.78. The van der Waals surface area contributed by atoms with Gasteiger partial charge in [-0.2, -0.15) is 5.10 Å². The maximum atomic E-state index is 5.79. The van der Waals surface area contributed by atoms with Crippen LogP contribution in [0.4, 0.5) is 0 Å². The molecule has 2 rings (SSSR count). The predicted molar refractivity (Wildman–Crippen MR) is 81.5 cm³/mol. The minimum atomic E-state index is 0.724. The Morgan fingerprint density at radius 2 is 2.05 bits per heavy atom. The van der Waals surface area contributed by atoms with Gasteiger partial charge in [-0.3, -0.25) is 0 Å². The molecule has 0 atom stereocenters. The number of nitrogens with zero attached hydrogens (tertiary/aromatic N) is 2. The largest absolute Gasteiger partial charge is 0.491 e. The number of rotatable bonds is 7. The summed E-state index contributed by atoms with van der Waals surface area (Å²) in [6, 6.07) is 8.03. The van der Waals surface area contributed by atoms with Crippen LogP contribution in [0.5, 0.6) is 5.75 Å². The van der Waals surface area contributed by atoms with Crippen molar-refractivity contribution in [3.05, 3.63) is 41.7 Å². The van der Waals surface area contributed by atoms with E-state index in [1.54, 1.807) is 0 Å². The lowest BCUT2D eigenvalue weighted by Crippen LogP contribution is -2.11. The number of ether oxygens (including phenoxy) is 1. The van der Waals surface area contributed by atoms with Gasteiger partial charge >= 0.3 is 0 Å². The summed E-state index contributed by atoms with van der Waals surface area (Å²) >= 11 is 0. The van der Waals surface area contributed by atoms with E-state index in [9.17, 15) is 0 Å². The van der Waals surface area contributed by atoms with Crippen molar-refractivity contribution in [2.75, 3.05) is 13.2 Å². The third kappa shape index (κ3) is 3.39. The van der Waals surface area contributed by atoms with Gasteiger partial charge in [-0.25, -0.2) is 4.68 Å². The summed E-state index contributed by atoms with van der Waals surface area (Å²) in [6.45, 7) is 8.78. The molecule has 20 heavy (non-hydrogen) atoms. The van der Waals surface area contributed by atoms with Gasteiger partial charge in [0.1, 0.15) is 11.4 Å². The fourth-order valence-electron chi connectivity index (χ4n) is 2.03. The number of aryl methyl sites for hydroxylation is 1. The Hall–Kier alpha value is -1.81. The summed E-state index contributed by atoms with van der Waals surface area (Å²) in [5, 5.41) is 7.93. The monoisotopic (exact) mass is 273 g/mol. The maximum absolute atomic E-state index is 5.79. The van der Waals surface area contributed by atoms with Gasteiger partial charge in [-0.05, 0) is 32.0 Å². The summed E-state index contributed by atoms with van der Waals surface area (Å²) in [5.41, 5.74) is 3.26. The quantitative estimate of drug-likeness (QED) is 0.842. The third-order valence-corrected chi connectivity index (χ3v) is 3.14. The molecule has 0 aliphatic carbocycles. The van der Waals surface area contributed by atoms with Gasteiger partial charge in [-0.1, -0.05) is 26.0 Å². The molecule has 1 N–H and O–H groups in total. The molecule has 0 saturated heterocycles. The fraction of sp³-hybridized carbons (Fsp3) is 0.438. The highest BCUT2D eigenvalue weighted by atomic mass is 16.5. The van der Waals surface area contributed by atoms with Crippen LogP contribution in [0.15, 0.2) is 30.5 Å². The number of hydrogen-bond donors (Lipinski definition) is 1. The zero-order chi connectivity index (χ0) is 14.4. The highest BCUT2D eigenvalue weighted by molar-refractivity contribution is 5.46. The summed E-state index contributed by atoms with van der Waals surface area (Å²) in [5.74, 6) is 0.881. The van der Waals surface area contributed by atoms with Gasteiger partial charge in [0.15, 0.2) is 0 Å². The van der Waals surface area contributed by atoms with Crippen LogP contribution in [-0.2, 0) is 6.54 Å². The van der Waals surface area contributed by atoms with Crippen LogP contribution in [-0.4, -0.2) is 22.9 Å². The minimum Gasteiger partial charge on any atom is -0.491 e. The van der Waals surface area contributed by atoms with Gasteiger partial charge in [0.2, 0.25) is 0 Å². The second kappa shape index (κ2) is 7.10. The van der Waals surface area contributed by atoms with Crippen molar-refractivity contribution in [1.82, 2.24) is 15.1 Å². The zero-order valence-electron chi connectivity index (χ0n) is 12.5. The molecule has 1 heterocycles. The Bertz CT molecular complexity index is 548. The van der Waals surface area contributed by atoms with Crippen LogP contribution in [0.3, 0.4) is 0 Å². The molecule has 0 fully saturated rings. The molecule has 1 aromatic heterocycles. The minimum absolute atomic E-state index is 0.724. The lowest BCUT2D eigenvalue weighted by Gasteiger charge is -2.10. The summed E-state index contributed by atoms with van der Waals surface area (Å²) in [6.07, 6.45) is 3.07. The highest BCUT2D eigenvalue weighted by Crippen LogP contribution is 2.23. The van der Waals surface area contributed by atoms with Crippen molar-refractivity contribution in [2.24, 2.45) is 0 Å². The molecule has 0 bridgehead atoms. The van der Waals surface area contributed by atoms with Crippen molar-refractivity contribution < 1.29 is 4.74 Å². The molecule has 2 aromatic rings. The molecule has 0 aliphatic heterocycles. The Balaban J connectivity index is 2.27. The van der Waals surface area contributed by atoms with Crippen LogP contribution >= 0.6 is 0 Å². The maximum Gasteiger partial charge on any atom is 0.144 e. The van der Waals surface area contributed by atoms with Crippen LogP contribution in [0.1, 0.15) is 31.5 Å². The first kappa shape index (κ1) is 14.6. The topological polar surface area (TPSA) is 39.1 Å². The van der Waals surface area contributed by atoms with E-state index in [2.05, 4.69) is 30.5 Å². The second-order valence-electron chi connectivity index (χ2n) is 4.78. The van der Waals surface area contributed by atoms with E-state index in [0.717, 1.165) is 43.2 Å².